The molecular formula is C35H38N6O7. The van der Waals surface area contributed by atoms with Gasteiger partial charge in [0.25, 0.3) is 5.91 Å². The van der Waals surface area contributed by atoms with Gasteiger partial charge in [-0.15, -0.1) is 5.10 Å². The fourth-order valence-electron chi connectivity index (χ4n) is 7.53. The van der Waals surface area contributed by atoms with Crippen molar-refractivity contribution >= 4 is 34.7 Å². The van der Waals surface area contributed by atoms with Gasteiger partial charge in [-0.2, -0.15) is 0 Å². The molecule has 0 aliphatic carbocycles. The number of hydrogen-bond acceptors (Lipinski definition) is 9. The number of cyclic esters (lactones) is 1. The van der Waals surface area contributed by atoms with E-state index in [4.69, 9.17) is 9.47 Å². The number of rotatable bonds is 5. The first kappa shape index (κ1) is 31.7. The SMILES string of the molecule is C[C@@H]1NC(=O)CC/C=C\CN(Cn2nnc3ccccc32)C(=O)[C@H]2N([C@H](C)CO)C(=O)[C@@H]3[C@@H](C(=O)O[C@H]1c1ccccc1)[C@H]1C=C[C@]32O1. The van der Waals surface area contributed by atoms with Crippen molar-refractivity contribution in [2.45, 2.75) is 69.3 Å². The van der Waals surface area contributed by atoms with E-state index in [9.17, 15) is 24.3 Å². The number of aliphatic hydroxyl groups excluding tert-OH is 1. The second kappa shape index (κ2) is 12.6. The number of para-hydroxylation sites is 1. The van der Waals surface area contributed by atoms with Crippen LogP contribution in [0.5, 0.6) is 0 Å². The summed E-state index contributed by atoms with van der Waals surface area (Å²) in [5.41, 5.74) is 0.598. The molecule has 1 spiro atoms. The molecule has 5 heterocycles. The first-order valence-corrected chi connectivity index (χ1v) is 16.3. The van der Waals surface area contributed by atoms with Crippen molar-refractivity contribution in [1.82, 2.24) is 30.1 Å². The molecule has 2 N–H and O–H groups in total. The Hall–Kier alpha value is -4.88. The summed E-state index contributed by atoms with van der Waals surface area (Å²) >= 11 is 0. The van der Waals surface area contributed by atoms with Crippen molar-refractivity contribution in [2.24, 2.45) is 11.8 Å². The summed E-state index contributed by atoms with van der Waals surface area (Å²) in [5.74, 6) is -3.91. The number of esters is 1. The fourth-order valence-corrected chi connectivity index (χ4v) is 7.53. The monoisotopic (exact) mass is 654 g/mol. The average Bonchev–Trinajstić information content (AvgIpc) is 3.85. The van der Waals surface area contributed by atoms with Gasteiger partial charge in [0.05, 0.1) is 36.2 Å². The van der Waals surface area contributed by atoms with Gasteiger partial charge in [0.2, 0.25) is 11.8 Å². The van der Waals surface area contributed by atoms with Crippen LogP contribution in [0.25, 0.3) is 11.0 Å². The molecule has 5 bridgehead atoms. The maximum atomic E-state index is 14.8. The third-order valence-corrected chi connectivity index (χ3v) is 9.84. The van der Waals surface area contributed by atoms with Gasteiger partial charge in [-0.3, -0.25) is 19.2 Å². The number of ether oxygens (including phenoxy) is 2. The summed E-state index contributed by atoms with van der Waals surface area (Å²) in [7, 11) is 0. The minimum absolute atomic E-state index is 0.00579. The Morgan fingerprint density at radius 1 is 1.04 bits per heavy atom. The molecule has 7 rings (SSSR count). The van der Waals surface area contributed by atoms with Gasteiger partial charge in [0.15, 0.2) is 0 Å². The van der Waals surface area contributed by atoms with Crippen LogP contribution in [0.3, 0.4) is 0 Å². The first-order valence-electron chi connectivity index (χ1n) is 16.3. The summed E-state index contributed by atoms with van der Waals surface area (Å²) in [6.45, 7) is 3.17. The molecule has 3 aromatic rings. The Labute approximate surface area is 277 Å². The number of nitrogens with zero attached hydrogens (tertiary/aromatic N) is 5. The third kappa shape index (κ3) is 5.27. The quantitative estimate of drug-likeness (QED) is 0.310. The number of aliphatic hydroxyl groups is 1. The Morgan fingerprint density at radius 3 is 2.60 bits per heavy atom. The van der Waals surface area contributed by atoms with Crippen molar-refractivity contribution in [3.8, 4) is 0 Å². The van der Waals surface area contributed by atoms with E-state index in [-0.39, 0.29) is 25.5 Å². The number of allylic oxidation sites excluding steroid dienone is 1. The van der Waals surface area contributed by atoms with Crippen LogP contribution in [0.1, 0.15) is 38.4 Å². The second-order valence-corrected chi connectivity index (χ2v) is 12.9. The summed E-state index contributed by atoms with van der Waals surface area (Å²) in [5, 5.41) is 21.8. The van der Waals surface area contributed by atoms with Crippen LogP contribution in [-0.2, 0) is 35.3 Å². The van der Waals surface area contributed by atoms with Crippen LogP contribution in [0.4, 0.5) is 0 Å². The molecule has 0 unspecified atom stereocenters. The number of fused-ring (bicyclic) bond motifs is 3. The molecule has 2 aromatic carbocycles. The lowest BCUT2D eigenvalue weighted by Crippen LogP contribution is -2.58. The van der Waals surface area contributed by atoms with E-state index in [0.29, 0.717) is 17.5 Å². The van der Waals surface area contributed by atoms with E-state index in [1.165, 1.54) is 4.90 Å². The molecule has 8 atom stereocenters. The van der Waals surface area contributed by atoms with Gasteiger partial charge in [0, 0.05) is 13.0 Å². The molecule has 250 valence electrons. The summed E-state index contributed by atoms with van der Waals surface area (Å²) in [6, 6.07) is 14.0. The largest absolute Gasteiger partial charge is 0.455 e. The highest BCUT2D eigenvalue weighted by atomic mass is 16.6. The van der Waals surface area contributed by atoms with Crippen LogP contribution in [-0.4, -0.2) is 96.6 Å². The predicted octanol–water partition coefficient (Wildman–Crippen LogP) is 1.89. The molecular weight excluding hydrogens is 616 g/mol. The maximum absolute atomic E-state index is 14.8. The highest BCUT2D eigenvalue weighted by molar-refractivity contribution is 5.99. The maximum Gasteiger partial charge on any atom is 0.313 e. The molecule has 2 fully saturated rings. The molecule has 0 radical (unpaired) electrons. The van der Waals surface area contributed by atoms with Gasteiger partial charge < -0.3 is 29.7 Å². The topological polar surface area (TPSA) is 156 Å². The van der Waals surface area contributed by atoms with Crippen LogP contribution in [0.15, 0.2) is 78.9 Å². The van der Waals surface area contributed by atoms with Crippen LogP contribution in [0.2, 0.25) is 0 Å². The molecule has 48 heavy (non-hydrogen) atoms. The molecule has 4 aliphatic rings. The number of aromatic nitrogens is 3. The standard InChI is InChI=1S/C35H38N6O7/c1-21(19-42)41-31-33(45)39(20-40-25-14-9-8-13-24(25)37-38-40)18-10-4-7-15-27(43)36-22(2)30(23-11-5-3-6-12-23)47-34(46)28-26-16-17-35(31,48-26)29(28)32(41)44/h3-6,8-14,16-17,21-22,26,28-31,42H,7,15,18-20H2,1-2H3,(H,36,43)/b10-4-/t21-,22+,26-,28+,29+,30-,31-,35+/m1/s1. The van der Waals surface area contributed by atoms with Crippen molar-refractivity contribution in [1.29, 1.82) is 0 Å². The Bertz CT molecular complexity index is 1790. The number of hydrogen-bond donors (Lipinski definition) is 2. The molecule has 4 aliphatic heterocycles. The van der Waals surface area contributed by atoms with Gasteiger partial charge >= 0.3 is 5.97 Å². The summed E-state index contributed by atoms with van der Waals surface area (Å²) < 4.78 is 14.3. The molecule has 13 nitrogen and oxygen atoms in total. The second-order valence-electron chi connectivity index (χ2n) is 12.9. The van der Waals surface area contributed by atoms with Crippen LogP contribution < -0.4 is 5.32 Å². The van der Waals surface area contributed by atoms with Gasteiger partial charge in [-0.25, -0.2) is 4.68 Å². The Kier molecular flexibility index (Phi) is 8.34. The van der Waals surface area contributed by atoms with Gasteiger partial charge in [-0.1, -0.05) is 72.0 Å². The number of likely N-dealkylation sites (tertiary alicyclic amines) is 1. The van der Waals surface area contributed by atoms with E-state index < -0.39 is 72.2 Å². The van der Waals surface area contributed by atoms with E-state index >= 15 is 0 Å². The zero-order valence-corrected chi connectivity index (χ0v) is 26.7. The van der Waals surface area contributed by atoms with Crippen molar-refractivity contribution in [3.63, 3.8) is 0 Å². The van der Waals surface area contributed by atoms with E-state index in [0.717, 1.165) is 5.52 Å². The fraction of sp³-hybridized carbons (Fsp3) is 0.429. The number of benzene rings is 2. The van der Waals surface area contributed by atoms with E-state index in [1.54, 1.807) is 35.6 Å². The van der Waals surface area contributed by atoms with E-state index in [1.807, 2.05) is 66.7 Å². The van der Waals surface area contributed by atoms with Crippen LogP contribution >= 0.6 is 0 Å². The molecule has 1 aromatic heterocycles. The summed E-state index contributed by atoms with van der Waals surface area (Å²) in [4.78, 5) is 59.3. The number of carbonyl (C=O) groups excluding carboxylic acids is 4. The highest BCUT2D eigenvalue weighted by Crippen LogP contribution is 2.56. The lowest BCUT2D eigenvalue weighted by molar-refractivity contribution is -0.162. The van der Waals surface area contributed by atoms with Crippen molar-refractivity contribution in [3.05, 3.63) is 84.5 Å². The Morgan fingerprint density at radius 2 is 1.81 bits per heavy atom. The smallest absolute Gasteiger partial charge is 0.313 e. The van der Waals surface area contributed by atoms with Gasteiger partial charge in [0.1, 0.15) is 35.9 Å². The summed E-state index contributed by atoms with van der Waals surface area (Å²) in [6.07, 6.45) is 6.02. The highest BCUT2D eigenvalue weighted by Gasteiger charge is 2.74. The van der Waals surface area contributed by atoms with Crippen molar-refractivity contribution < 1.29 is 33.8 Å². The number of carbonyl (C=O) groups is 4. The lowest BCUT2D eigenvalue weighted by atomic mass is 9.74. The zero-order valence-electron chi connectivity index (χ0n) is 26.7. The molecule has 13 heteroatoms. The predicted molar refractivity (Wildman–Crippen MR) is 171 cm³/mol. The zero-order chi connectivity index (χ0) is 33.6. The lowest BCUT2D eigenvalue weighted by Gasteiger charge is -2.37. The van der Waals surface area contributed by atoms with Crippen molar-refractivity contribution in [2.75, 3.05) is 13.2 Å². The number of nitrogens with one attached hydrogen (secondary N) is 1. The Balaban J connectivity index is 1.30. The molecule has 3 amide bonds. The number of amides is 3. The first-order chi connectivity index (χ1) is 23.2. The minimum Gasteiger partial charge on any atom is -0.455 e. The van der Waals surface area contributed by atoms with Gasteiger partial charge in [-0.05, 0) is 38.0 Å². The minimum atomic E-state index is -1.46. The normalized spacial score (nSPS) is 32.0. The van der Waals surface area contributed by atoms with E-state index in [2.05, 4.69) is 15.6 Å². The average molecular weight is 655 g/mol. The third-order valence-electron chi connectivity index (χ3n) is 9.84. The van der Waals surface area contributed by atoms with Crippen LogP contribution in [0, 0.1) is 11.8 Å². The molecule has 2 saturated heterocycles. The molecule has 0 saturated carbocycles.